The van der Waals surface area contributed by atoms with Gasteiger partial charge >= 0.3 is 7.12 Å². The second-order valence-corrected chi connectivity index (χ2v) is 10.4. The average Bonchev–Trinajstić information content (AvgIpc) is 3.14. The molecular formula is C31H28BN3O2. The first-order valence-electron chi connectivity index (χ1n) is 12.6. The molecule has 0 radical (unpaired) electrons. The normalized spacial score (nSPS) is 16.3. The summed E-state index contributed by atoms with van der Waals surface area (Å²) in [5, 5.41) is 2.16. The Morgan fingerprint density at radius 3 is 1.59 bits per heavy atom. The van der Waals surface area contributed by atoms with E-state index < -0.39 is 18.3 Å². The highest BCUT2D eigenvalue weighted by atomic mass is 16.7. The summed E-state index contributed by atoms with van der Waals surface area (Å²) in [6, 6.07) is 32.5. The maximum Gasteiger partial charge on any atom is 0.496 e. The van der Waals surface area contributed by atoms with Gasteiger partial charge in [-0.3, -0.25) is 0 Å². The van der Waals surface area contributed by atoms with Crippen molar-refractivity contribution in [2.45, 2.75) is 38.9 Å². The predicted octanol–water partition coefficient (Wildman–Crippen LogP) is 6.33. The predicted molar refractivity (Wildman–Crippen MR) is 149 cm³/mol. The van der Waals surface area contributed by atoms with Crippen LogP contribution in [0.1, 0.15) is 27.7 Å². The van der Waals surface area contributed by atoms with Gasteiger partial charge in [-0.15, -0.1) is 0 Å². The maximum absolute atomic E-state index is 6.56. The third-order valence-corrected chi connectivity index (χ3v) is 7.40. The van der Waals surface area contributed by atoms with Crippen molar-refractivity contribution >= 4 is 23.4 Å². The lowest BCUT2D eigenvalue weighted by atomic mass is 9.72. The van der Waals surface area contributed by atoms with Crippen molar-refractivity contribution in [3.05, 3.63) is 97.1 Å². The van der Waals surface area contributed by atoms with E-state index in [1.54, 1.807) is 0 Å². The van der Waals surface area contributed by atoms with Gasteiger partial charge in [0.05, 0.1) is 11.2 Å². The molecule has 6 heteroatoms. The molecule has 1 aliphatic heterocycles. The molecule has 0 spiro atoms. The van der Waals surface area contributed by atoms with Gasteiger partial charge in [-0.05, 0) is 38.5 Å². The lowest BCUT2D eigenvalue weighted by molar-refractivity contribution is 0.00578. The summed E-state index contributed by atoms with van der Waals surface area (Å²) in [5.74, 6) is 1.83. The van der Waals surface area contributed by atoms with Crippen molar-refractivity contribution in [2.75, 3.05) is 0 Å². The summed E-state index contributed by atoms with van der Waals surface area (Å²) in [4.78, 5) is 14.8. The quantitative estimate of drug-likeness (QED) is 0.279. The van der Waals surface area contributed by atoms with E-state index in [0.717, 1.165) is 32.9 Å². The molecule has 5 aromatic rings. The van der Waals surface area contributed by atoms with Gasteiger partial charge in [0, 0.05) is 22.2 Å². The van der Waals surface area contributed by atoms with Crippen molar-refractivity contribution < 1.29 is 9.31 Å². The van der Waals surface area contributed by atoms with Gasteiger partial charge in [-0.25, -0.2) is 15.0 Å². The molecule has 182 valence electrons. The van der Waals surface area contributed by atoms with Crippen LogP contribution < -0.4 is 5.46 Å². The SMILES string of the molecule is CC1(C)OB(c2c(-c3nc(-c4ccccc4)nc(-c4ccccc4)n3)ccc3ccccc23)OC1(C)C. The zero-order chi connectivity index (χ0) is 25.6. The second kappa shape index (κ2) is 8.91. The fourth-order valence-electron chi connectivity index (χ4n) is 4.63. The Labute approximate surface area is 217 Å². The highest BCUT2D eigenvalue weighted by Gasteiger charge is 2.52. The van der Waals surface area contributed by atoms with E-state index in [-0.39, 0.29) is 0 Å². The second-order valence-electron chi connectivity index (χ2n) is 10.4. The van der Waals surface area contributed by atoms with Crippen LogP contribution in [0.5, 0.6) is 0 Å². The van der Waals surface area contributed by atoms with Crippen LogP contribution in [0.2, 0.25) is 0 Å². The third-order valence-electron chi connectivity index (χ3n) is 7.40. The van der Waals surface area contributed by atoms with E-state index in [1.165, 1.54) is 0 Å². The molecule has 0 saturated carbocycles. The zero-order valence-corrected chi connectivity index (χ0v) is 21.5. The average molecular weight is 485 g/mol. The summed E-state index contributed by atoms with van der Waals surface area (Å²) in [6.07, 6.45) is 0. The number of fused-ring (bicyclic) bond motifs is 1. The summed E-state index contributed by atoms with van der Waals surface area (Å²) in [7, 11) is -0.566. The Kier molecular flexibility index (Phi) is 5.66. The molecule has 1 fully saturated rings. The van der Waals surface area contributed by atoms with Crippen LogP contribution in [0.25, 0.3) is 44.9 Å². The molecule has 0 atom stereocenters. The number of rotatable bonds is 4. The van der Waals surface area contributed by atoms with Crippen molar-refractivity contribution in [1.29, 1.82) is 0 Å². The fraction of sp³-hybridized carbons (Fsp3) is 0.194. The monoisotopic (exact) mass is 485 g/mol. The molecule has 0 amide bonds. The topological polar surface area (TPSA) is 57.1 Å². The smallest absolute Gasteiger partial charge is 0.399 e. The van der Waals surface area contributed by atoms with E-state index >= 15 is 0 Å². The van der Waals surface area contributed by atoms with Gasteiger partial charge in [-0.2, -0.15) is 0 Å². The number of hydrogen-bond donors (Lipinski definition) is 0. The van der Waals surface area contributed by atoms with Crippen LogP contribution in [0.15, 0.2) is 97.1 Å². The van der Waals surface area contributed by atoms with Gasteiger partial charge in [0.15, 0.2) is 17.5 Å². The molecule has 1 saturated heterocycles. The molecule has 1 aliphatic rings. The Morgan fingerprint density at radius 2 is 1.03 bits per heavy atom. The molecule has 4 aromatic carbocycles. The highest BCUT2D eigenvalue weighted by Crippen LogP contribution is 2.38. The van der Waals surface area contributed by atoms with Crippen LogP contribution in [-0.4, -0.2) is 33.3 Å². The standard InChI is InChI=1S/C31H28BN3O2/c1-30(2)31(3,4)37-32(36-30)26-24-18-12-11-13-21(24)19-20-25(26)29-34-27(22-14-7-5-8-15-22)33-28(35-29)23-16-9-6-10-17-23/h5-20H,1-4H3. The largest absolute Gasteiger partial charge is 0.496 e. The van der Waals surface area contributed by atoms with Crippen molar-refractivity contribution in [3.63, 3.8) is 0 Å². The van der Waals surface area contributed by atoms with Gasteiger partial charge in [0.1, 0.15) is 0 Å². The van der Waals surface area contributed by atoms with E-state index in [1.807, 2.05) is 72.8 Å². The van der Waals surface area contributed by atoms with Crippen molar-refractivity contribution in [2.24, 2.45) is 0 Å². The Morgan fingerprint density at radius 1 is 0.541 bits per heavy atom. The Balaban J connectivity index is 1.61. The first kappa shape index (κ1) is 23.5. The van der Waals surface area contributed by atoms with Gasteiger partial charge in [0.2, 0.25) is 0 Å². The molecule has 0 unspecified atom stereocenters. The molecular weight excluding hydrogens is 457 g/mol. The van der Waals surface area contributed by atoms with E-state index in [9.17, 15) is 0 Å². The number of nitrogens with zero attached hydrogens (tertiary/aromatic N) is 3. The van der Waals surface area contributed by atoms with Crippen LogP contribution in [0, 0.1) is 0 Å². The molecule has 0 N–H and O–H groups in total. The molecule has 37 heavy (non-hydrogen) atoms. The van der Waals surface area contributed by atoms with Gasteiger partial charge < -0.3 is 9.31 Å². The lowest BCUT2D eigenvalue weighted by Crippen LogP contribution is -2.41. The zero-order valence-electron chi connectivity index (χ0n) is 21.5. The summed E-state index contributed by atoms with van der Waals surface area (Å²) in [5.41, 5.74) is 2.71. The molecule has 0 bridgehead atoms. The maximum atomic E-state index is 6.56. The Bertz CT molecular complexity index is 1510. The summed E-state index contributed by atoms with van der Waals surface area (Å²) in [6.45, 7) is 8.28. The number of hydrogen-bond acceptors (Lipinski definition) is 5. The van der Waals surface area contributed by atoms with Crippen molar-refractivity contribution in [3.8, 4) is 34.2 Å². The Hall–Kier alpha value is -3.87. The first-order valence-corrected chi connectivity index (χ1v) is 12.6. The molecule has 5 nitrogen and oxygen atoms in total. The fourth-order valence-corrected chi connectivity index (χ4v) is 4.63. The number of aromatic nitrogens is 3. The minimum atomic E-state index is -0.566. The first-order chi connectivity index (χ1) is 17.8. The molecule has 0 aliphatic carbocycles. The van der Waals surface area contributed by atoms with E-state index in [2.05, 4.69) is 52.0 Å². The molecule has 6 rings (SSSR count). The van der Waals surface area contributed by atoms with Crippen LogP contribution in [0.3, 0.4) is 0 Å². The number of benzene rings is 4. The molecule has 2 heterocycles. The van der Waals surface area contributed by atoms with Crippen LogP contribution >= 0.6 is 0 Å². The molecule has 1 aromatic heterocycles. The van der Waals surface area contributed by atoms with E-state index in [0.29, 0.717) is 17.5 Å². The van der Waals surface area contributed by atoms with Gasteiger partial charge in [0.25, 0.3) is 0 Å². The highest BCUT2D eigenvalue weighted by molar-refractivity contribution is 6.67. The minimum absolute atomic E-state index is 0.477. The van der Waals surface area contributed by atoms with E-state index in [4.69, 9.17) is 24.3 Å². The lowest BCUT2D eigenvalue weighted by Gasteiger charge is -2.32. The minimum Gasteiger partial charge on any atom is -0.399 e. The summed E-state index contributed by atoms with van der Waals surface area (Å²) >= 11 is 0. The van der Waals surface area contributed by atoms with Crippen molar-refractivity contribution in [1.82, 2.24) is 15.0 Å². The van der Waals surface area contributed by atoms with Crippen LogP contribution in [-0.2, 0) is 9.31 Å². The van der Waals surface area contributed by atoms with Crippen LogP contribution in [0.4, 0.5) is 0 Å². The summed E-state index contributed by atoms with van der Waals surface area (Å²) < 4.78 is 13.1. The third kappa shape index (κ3) is 4.22. The van der Waals surface area contributed by atoms with Gasteiger partial charge in [-0.1, -0.05) is 97.1 Å².